The number of amides is 1. The molecule has 24 heavy (non-hydrogen) atoms. The highest BCUT2D eigenvalue weighted by molar-refractivity contribution is 6.09. The lowest BCUT2D eigenvalue weighted by Gasteiger charge is -2.27. The topological polar surface area (TPSA) is 57.6 Å². The van der Waals surface area contributed by atoms with Crippen molar-refractivity contribution in [1.82, 2.24) is 4.90 Å². The summed E-state index contributed by atoms with van der Waals surface area (Å²) in [4.78, 5) is 26.8. The fourth-order valence-electron chi connectivity index (χ4n) is 3.06. The Morgan fingerprint density at radius 1 is 1.21 bits per heavy atom. The monoisotopic (exact) mass is 329 g/mol. The van der Waals surface area contributed by atoms with Crippen molar-refractivity contribution in [1.29, 1.82) is 0 Å². The number of nitrogens with zero attached hydrogens (tertiary/aromatic N) is 1. The van der Waals surface area contributed by atoms with Gasteiger partial charge < -0.3 is 10.0 Å². The molecule has 1 amide bonds. The van der Waals surface area contributed by atoms with Gasteiger partial charge in [-0.15, -0.1) is 0 Å². The van der Waals surface area contributed by atoms with Gasteiger partial charge in [0.1, 0.15) is 0 Å². The van der Waals surface area contributed by atoms with E-state index in [-0.39, 0.29) is 23.0 Å². The van der Waals surface area contributed by atoms with Crippen molar-refractivity contribution < 1.29 is 14.7 Å². The van der Waals surface area contributed by atoms with Crippen LogP contribution in [0.25, 0.3) is 0 Å². The average molecular weight is 329 g/mol. The molecule has 0 radical (unpaired) electrons. The SMILES string of the molecule is CCCCN1C(=O)C(O)=C(C(=O)C(C)C)C1c1ccc(CC)cc1. The van der Waals surface area contributed by atoms with E-state index in [0.717, 1.165) is 24.8 Å². The molecule has 1 N–H and O–H groups in total. The fourth-order valence-corrected chi connectivity index (χ4v) is 3.06. The molecular formula is C20H27NO3. The second-order valence-electron chi connectivity index (χ2n) is 6.63. The van der Waals surface area contributed by atoms with Gasteiger partial charge >= 0.3 is 0 Å². The van der Waals surface area contributed by atoms with Gasteiger partial charge in [0.2, 0.25) is 0 Å². The van der Waals surface area contributed by atoms with Crippen LogP contribution in [0.5, 0.6) is 0 Å². The van der Waals surface area contributed by atoms with E-state index >= 15 is 0 Å². The number of carbonyl (C=O) groups excluding carboxylic acids is 2. The fraction of sp³-hybridized carbons (Fsp3) is 0.500. The Morgan fingerprint density at radius 3 is 2.33 bits per heavy atom. The summed E-state index contributed by atoms with van der Waals surface area (Å²) in [6.07, 6.45) is 2.72. The lowest BCUT2D eigenvalue weighted by atomic mass is 9.90. The molecule has 4 heteroatoms. The maximum atomic E-state index is 12.6. The van der Waals surface area contributed by atoms with Crippen molar-refractivity contribution in [3.8, 4) is 0 Å². The highest BCUT2D eigenvalue weighted by Gasteiger charge is 2.43. The minimum absolute atomic E-state index is 0.163. The third-order valence-corrected chi connectivity index (χ3v) is 4.55. The van der Waals surface area contributed by atoms with Crippen LogP contribution < -0.4 is 0 Å². The molecule has 1 aromatic rings. The van der Waals surface area contributed by atoms with E-state index in [9.17, 15) is 14.7 Å². The number of rotatable bonds is 7. The summed E-state index contributed by atoms with van der Waals surface area (Å²) in [5, 5.41) is 10.3. The van der Waals surface area contributed by atoms with Crippen LogP contribution >= 0.6 is 0 Å². The molecule has 130 valence electrons. The Kier molecular flexibility index (Phi) is 5.81. The minimum Gasteiger partial charge on any atom is -0.503 e. The molecule has 0 fully saturated rings. The molecule has 1 aliphatic rings. The van der Waals surface area contributed by atoms with Gasteiger partial charge in [0, 0.05) is 12.5 Å². The zero-order chi connectivity index (χ0) is 17.9. The quantitative estimate of drug-likeness (QED) is 0.823. The smallest absolute Gasteiger partial charge is 0.290 e. The number of aliphatic hydroxyl groups excluding tert-OH is 1. The van der Waals surface area contributed by atoms with Crippen LogP contribution in [-0.2, 0) is 16.0 Å². The summed E-state index contributed by atoms with van der Waals surface area (Å²) < 4.78 is 0. The van der Waals surface area contributed by atoms with Crippen LogP contribution in [0, 0.1) is 5.92 Å². The molecule has 1 aromatic carbocycles. The summed E-state index contributed by atoms with van der Waals surface area (Å²) in [5.41, 5.74) is 2.33. The van der Waals surface area contributed by atoms with Crippen LogP contribution in [0.15, 0.2) is 35.6 Å². The van der Waals surface area contributed by atoms with Crippen LogP contribution in [0.3, 0.4) is 0 Å². The molecule has 1 atom stereocenters. The van der Waals surface area contributed by atoms with Crippen molar-refractivity contribution in [2.75, 3.05) is 6.54 Å². The first kappa shape index (κ1) is 18.2. The Bertz CT molecular complexity index is 643. The number of Topliss-reactive ketones (excluding diaryl/α,β-unsaturated/α-hetero) is 1. The van der Waals surface area contributed by atoms with Gasteiger partial charge in [-0.05, 0) is 24.0 Å². The Labute approximate surface area is 144 Å². The van der Waals surface area contributed by atoms with Crippen molar-refractivity contribution in [2.24, 2.45) is 5.92 Å². The van der Waals surface area contributed by atoms with E-state index in [1.807, 2.05) is 24.3 Å². The first-order valence-electron chi connectivity index (χ1n) is 8.79. The van der Waals surface area contributed by atoms with E-state index in [0.29, 0.717) is 6.54 Å². The number of carbonyl (C=O) groups is 2. The van der Waals surface area contributed by atoms with Crippen LogP contribution in [0.2, 0.25) is 0 Å². The van der Waals surface area contributed by atoms with Crippen LogP contribution in [0.4, 0.5) is 0 Å². The van der Waals surface area contributed by atoms with Gasteiger partial charge in [0.25, 0.3) is 5.91 Å². The molecule has 1 unspecified atom stereocenters. The number of ketones is 1. The van der Waals surface area contributed by atoms with Crippen molar-refractivity contribution >= 4 is 11.7 Å². The van der Waals surface area contributed by atoms with Crippen molar-refractivity contribution in [2.45, 2.75) is 53.0 Å². The Balaban J connectivity index is 2.48. The molecule has 1 aliphatic heterocycles. The summed E-state index contributed by atoms with van der Waals surface area (Å²) in [6, 6.07) is 7.48. The molecule has 0 aliphatic carbocycles. The Morgan fingerprint density at radius 2 is 1.83 bits per heavy atom. The molecule has 2 rings (SSSR count). The number of hydrogen-bond acceptors (Lipinski definition) is 3. The number of unbranched alkanes of at least 4 members (excludes halogenated alkanes) is 1. The third kappa shape index (κ3) is 3.37. The number of hydrogen-bond donors (Lipinski definition) is 1. The minimum atomic E-state index is -0.482. The molecule has 0 bridgehead atoms. The molecule has 4 nitrogen and oxygen atoms in total. The van der Waals surface area contributed by atoms with Gasteiger partial charge in [-0.2, -0.15) is 0 Å². The maximum Gasteiger partial charge on any atom is 0.290 e. The van der Waals surface area contributed by atoms with Gasteiger partial charge in [-0.25, -0.2) is 0 Å². The highest BCUT2D eigenvalue weighted by atomic mass is 16.3. The first-order valence-corrected chi connectivity index (χ1v) is 8.79. The highest BCUT2D eigenvalue weighted by Crippen LogP contribution is 2.39. The molecule has 0 aromatic heterocycles. The van der Waals surface area contributed by atoms with E-state index in [1.54, 1.807) is 18.7 Å². The van der Waals surface area contributed by atoms with E-state index < -0.39 is 11.9 Å². The molecule has 0 saturated heterocycles. The lowest BCUT2D eigenvalue weighted by Crippen LogP contribution is -2.32. The predicted octanol–water partition coefficient (Wildman–Crippen LogP) is 3.97. The maximum absolute atomic E-state index is 12.6. The van der Waals surface area contributed by atoms with Crippen LogP contribution in [0.1, 0.15) is 57.7 Å². The summed E-state index contributed by atoms with van der Waals surface area (Å²) in [6.45, 7) is 8.26. The Hall–Kier alpha value is -2.10. The molecule has 0 spiro atoms. The van der Waals surface area contributed by atoms with Gasteiger partial charge in [0.05, 0.1) is 11.6 Å². The average Bonchev–Trinajstić information content (AvgIpc) is 2.83. The number of aliphatic hydroxyl groups is 1. The van der Waals surface area contributed by atoms with E-state index in [1.165, 1.54) is 5.56 Å². The van der Waals surface area contributed by atoms with Gasteiger partial charge in [-0.1, -0.05) is 58.4 Å². The molecular weight excluding hydrogens is 302 g/mol. The van der Waals surface area contributed by atoms with Crippen molar-refractivity contribution in [3.05, 3.63) is 46.7 Å². The summed E-state index contributed by atoms with van der Waals surface area (Å²) in [5.74, 6) is -1.24. The van der Waals surface area contributed by atoms with Gasteiger partial charge in [0.15, 0.2) is 11.5 Å². The second kappa shape index (κ2) is 7.65. The lowest BCUT2D eigenvalue weighted by molar-refractivity contribution is -0.129. The molecule has 1 heterocycles. The third-order valence-electron chi connectivity index (χ3n) is 4.55. The molecule has 0 saturated carbocycles. The standard InChI is InChI=1S/C20H27NO3/c1-5-7-12-21-17(15-10-8-14(6-2)9-11-15)16(18(22)13(3)4)19(23)20(21)24/h8-11,13,17,23H,5-7,12H2,1-4H3. The normalized spacial score (nSPS) is 18.0. The van der Waals surface area contributed by atoms with Crippen molar-refractivity contribution in [3.63, 3.8) is 0 Å². The van der Waals surface area contributed by atoms with Crippen LogP contribution in [-0.4, -0.2) is 28.2 Å². The summed E-state index contributed by atoms with van der Waals surface area (Å²) in [7, 11) is 0. The first-order chi connectivity index (χ1) is 11.4. The summed E-state index contributed by atoms with van der Waals surface area (Å²) >= 11 is 0. The zero-order valence-electron chi connectivity index (χ0n) is 15.0. The number of aryl methyl sites for hydroxylation is 1. The zero-order valence-corrected chi connectivity index (χ0v) is 15.0. The second-order valence-corrected chi connectivity index (χ2v) is 6.63. The van der Waals surface area contributed by atoms with Gasteiger partial charge in [-0.3, -0.25) is 9.59 Å². The largest absolute Gasteiger partial charge is 0.503 e. The number of benzene rings is 1. The van der Waals surface area contributed by atoms with E-state index in [2.05, 4.69) is 13.8 Å². The predicted molar refractivity (Wildman–Crippen MR) is 94.7 cm³/mol. The van der Waals surface area contributed by atoms with E-state index in [4.69, 9.17) is 0 Å².